The molecule has 28 heavy (non-hydrogen) atoms. The quantitative estimate of drug-likeness (QED) is 0.839. The standard InChI is InChI=1S/C24H30N2O2/c1-17-6-8-18(9-7-17)16-26-21-4-3-5-22(26)15-20(14-21)25-24(27)19-10-12-23(28-2)13-11-19/h6-13,20-22H,3-5,14-16H2,1-2H3,(H,25,27)/p+1/t20?,21-,22+. The molecule has 2 fully saturated rings. The largest absolute Gasteiger partial charge is 0.497 e. The Kier molecular flexibility index (Phi) is 5.67. The van der Waals surface area contributed by atoms with Crippen LogP contribution >= 0.6 is 0 Å². The van der Waals surface area contributed by atoms with E-state index in [1.165, 1.54) is 30.4 Å². The Bertz CT molecular complexity index is 786. The second kappa shape index (κ2) is 8.36. The van der Waals surface area contributed by atoms with E-state index in [1.54, 1.807) is 12.0 Å². The van der Waals surface area contributed by atoms with Gasteiger partial charge in [0.05, 0.1) is 19.2 Å². The van der Waals surface area contributed by atoms with Gasteiger partial charge in [0.1, 0.15) is 12.3 Å². The predicted octanol–water partition coefficient (Wildman–Crippen LogP) is 2.90. The molecule has 2 aromatic carbocycles. The molecule has 2 unspecified atom stereocenters. The summed E-state index contributed by atoms with van der Waals surface area (Å²) < 4.78 is 5.18. The molecule has 2 aliphatic heterocycles. The van der Waals surface area contributed by atoms with Crippen LogP contribution in [0.15, 0.2) is 48.5 Å². The topological polar surface area (TPSA) is 42.8 Å². The Labute approximate surface area is 167 Å². The first-order valence-corrected chi connectivity index (χ1v) is 10.5. The fraction of sp³-hybridized carbons (Fsp3) is 0.458. The average molecular weight is 380 g/mol. The smallest absolute Gasteiger partial charge is 0.251 e. The van der Waals surface area contributed by atoms with Crippen LogP contribution in [-0.2, 0) is 6.54 Å². The zero-order valence-electron chi connectivity index (χ0n) is 16.9. The highest BCUT2D eigenvalue weighted by atomic mass is 16.5. The van der Waals surface area contributed by atoms with Gasteiger partial charge < -0.3 is 15.0 Å². The van der Waals surface area contributed by atoms with Crippen LogP contribution in [0, 0.1) is 6.92 Å². The van der Waals surface area contributed by atoms with Gasteiger partial charge in [-0.15, -0.1) is 0 Å². The van der Waals surface area contributed by atoms with Crippen molar-refractivity contribution in [3.63, 3.8) is 0 Å². The fourth-order valence-electron chi connectivity index (χ4n) is 5.00. The average Bonchev–Trinajstić information content (AvgIpc) is 2.70. The number of piperidine rings is 2. The van der Waals surface area contributed by atoms with Crippen molar-refractivity contribution in [1.29, 1.82) is 0 Å². The molecule has 0 aliphatic carbocycles. The molecule has 0 aromatic heterocycles. The fourth-order valence-corrected chi connectivity index (χ4v) is 5.00. The highest BCUT2D eigenvalue weighted by molar-refractivity contribution is 5.94. The van der Waals surface area contributed by atoms with E-state index < -0.39 is 0 Å². The lowest BCUT2D eigenvalue weighted by molar-refractivity contribution is -0.973. The van der Waals surface area contributed by atoms with Crippen LogP contribution in [-0.4, -0.2) is 31.1 Å². The number of methoxy groups -OCH3 is 1. The summed E-state index contributed by atoms with van der Waals surface area (Å²) in [5, 5.41) is 3.30. The summed E-state index contributed by atoms with van der Waals surface area (Å²) in [5.74, 6) is 0.812. The maximum atomic E-state index is 12.7. The molecule has 2 N–H and O–H groups in total. The van der Waals surface area contributed by atoms with Gasteiger partial charge in [-0.3, -0.25) is 4.79 Å². The van der Waals surface area contributed by atoms with Gasteiger partial charge in [0.2, 0.25) is 0 Å². The van der Waals surface area contributed by atoms with Crippen LogP contribution in [0.3, 0.4) is 0 Å². The molecule has 148 valence electrons. The molecule has 2 heterocycles. The maximum absolute atomic E-state index is 12.7. The van der Waals surface area contributed by atoms with E-state index >= 15 is 0 Å². The first-order chi connectivity index (χ1) is 13.6. The Morgan fingerprint density at radius 1 is 1.04 bits per heavy atom. The lowest BCUT2D eigenvalue weighted by Crippen LogP contribution is -3.20. The normalized spacial score (nSPS) is 26.5. The van der Waals surface area contributed by atoms with Gasteiger partial charge in [0.25, 0.3) is 5.91 Å². The molecule has 1 amide bonds. The molecule has 4 atom stereocenters. The number of carbonyl (C=O) groups excluding carboxylic acids is 1. The molecule has 4 nitrogen and oxygen atoms in total. The summed E-state index contributed by atoms with van der Waals surface area (Å²) >= 11 is 0. The second-order valence-corrected chi connectivity index (χ2v) is 8.43. The lowest BCUT2D eigenvalue weighted by Gasteiger charge is -2.46. The highest BCUT2D eigenvalue weighted by Gasteiger charge is 2.42. The first kappa shape index (κ1) is 19.0. The van der Waals surface area contributed by atoms with Gasteiger partial charge in [-0.05, 0) is 50.5 Å². The molecular formula is C24H31N2O2+. The number of amides is 1. The number of nitrogens with one attached hydrogen (secondary N) is 2. The third-order valence-electron chi connectivity index (χ3n) is 6.51. The van der Waals surface area contributed by atoms with Crippen molar-refractivity contribution < 1.29 is 14.4 Å². The van der Waals surface area contributed by atoms with Gasteiger partial charge in [-0.2, -0.15) is 0 Å². The summed E-state index contributed by atoms with van der Waals surface area (Å²) in [4.78, 5) is 14.4. The van der Waals surface area contributed by atoms with Crippen molar-refractivity contribution in [2.45, 2.75) is 63.7 Å². The van der Waals surface area contributed by atoms with Gasteiger partial charge in [-0.25, -0.2) is 0 Å². The van der Waals surface area contributed by atoms with Crippen molar-refractivity contribution in [2.24, 2.45) is 0 Å². The minimum Gasteiger partial charge on any atom is -0.497 e. The number of fused-ring (bicyclic) bond motifs is 2. The Morgan fingerprint density at radius 2 is 1.68 bits per heavy atom. The third-order valence-corrected chi connectivity index (χ3v) is 6.51. The Morgan fingerprint density at radius 3 is 2.29 bits per heavy atom. The molecule has 2 bridgehead atoms. The molecule has 2 saturated heterocycles. The van der Waals surface area contributed by atoms with E-state index in [0.717, 1.165) is 25.1 Å². The minimum atomic E-state index is 0.0349. The van der Waals surface area contributed by atoms with E-state index in [2.05, 4.69) is 36.5 Å². The number of rotatable bonds is 5. The monoisotopic (exact) mass is 379 g/mol. The van der Waals surface area contributed by atoms with Crippen LogP contribution in [0.4, 0.5) is 0 Å². The Hall–Kier alpha value is -2.33. The van der Waals surface area contributed by atoms with Crippen LogP contribution < -0.4 is 15.0 Å². The summed E-state index contributed by atoms with van der Waals surface area (Å²) in [6.45, 7) is 3.25. The summed E-state index contributed by atoms with van der Waals surface area (Å²) in [6.07, 6.45) is 6.03. The minimum absolute atomic E-state index is 0.0349. The zero-order chi connectivity index (χ0) is 19.5. The van der Waals surface area contributed by atoms with Crippen LogP contribution in [0.2, 0.25) is 0 Å². The van der Waals surface area contributed by atoms with Gasteiger partial charge in [0, 0.05) is 30.0 Å². The van der Waals surface area contributed by atoms with Crippen molar-refractivity contribution >= 4 is 5.91 Å². The molecule has 0 spiro atoms. The highest BCUT2D eigenvalue weighted by Crippen LogP contribution is 2.23. The van der Waals surface area contributed by atoms with Crippen molar-refractivity contribution in [3.8, 4) is 5.75 Å². The Balaban J connectivity index is 1.39. The van der Waals surface area contributed by atoms with E-state index in [4.69, 9.17) is 4.74 Å². The number of hydrogen-bond donors (Lipinski definition) is 2. The van der Waals surface area contributed by atoms with Crippen LogP contribution in [0.25, 0.3) is 0 Å². The summed E-state index contributed by atoms with van der Waals surface area (Å²) in [6, 6.07) is 17.9. The molecule has 0 saturated carbocycles. The lowest BCUT2D eigenvalue weighted by atomic mass is 9.81. The molecule has 2 aliphatic rings. The number of quaternary nitrogens is 1. The number of hydrogen-bond acceptors (Lipinski definition) is 2. The summed E-state index contributed by atoms with van der Waals surface area (Å²) in [7, 11) is 1.64. The van der Waals surface area contributed by atoms with E-state index in [1.807, 2.05) is 24.3 Å². The van der Waals surface area contributed by atoms with Gasteiger partial charge in [-0.1, -0.05) is 29.8 Å². The second-order valence-electron chi connectivity index (χ2n) is 8.43. The van der Waals surface area contributed by atoms with Crippen molar-refractivity contribution in [2.75, 3.05) is 7.11 Å². The number of carbonyl (C=O) groups is 1. The third kappa shape index (κ3) is 4.22. The van der Waals surface area contributed by atoms with E-state index in [9.17, 15) is 4.79 Å². The van der Waals surface area contributed by atoms with E-state index in [-0.39, 0.29) is 11.9 Å². The predicted molar refractivity (Wildman–Crippen MR) is 111 cm³/mol. The van der Waals surface area contributed by atoms with Crippen molar-refractivity contribution in [1.82, 2.24) is 5.32 Å². The van der Waals surface area contributed by atoms with E-state index in [0.29, 0.717) is 17.6 Å². The number of ether oxygens (including phenoxy) is 1. The molecule has 2 aromatic rings. The molecule has 4 rings (SSSR count). The van der Waals surface area contributed by atoms with Gasteiger partial charge in [0.15, 0.2) is 0 Å². The maximum Gasteiger partial charge on any atom is 0.251 e. The summed E-state index contributed by atoms with van der Waals surface area (Å²) in [5.41, 5.74) is 3.46. The SMILES string of the molecule is COc1ccc(C(=O)NC2C[C@H]3CCC[C@@H](C2)[NH+]3Cc2ccc(C)cc2)cc1. The number of aryl methyl sites for hydroxylation is 1. The first-order valence-electron chi connectivity index (χ1n) is 10.5. The van der Waals surface area contributed by atoms with Crippen LogP contribution in [0.1, 0.15) is 53.6 Å². The van der Waals surface area contributed by atoms with Crippen LogP contribution in [0.5, 0.6) is 5.75 Å². The molecule has 4 heteroatoms. The zero-order valence-corrected chi connectivity index (χ0v) is 16.9. The number of benzene rings is 2. The van der Waals surface area contributed by atoms with Gasteiger partial charge >= 0.3 is 0 Å². The molecular weight excluding hydrogens is 348 g/mol. The molecule has 0 radical (unpaired) electrons. The van der Waals surface area contributed by atoms with Crippen molar-refractivity contribution in [3.05, 3.63) is 65.2 Å².